The van der Waals surface area contributed by atoms with Crippen LogP contribution in [0, 0.1) is 25.2 Å². The Morgan fingerprint density at radius 1 is 1.13 bits per heavy atom. The minimum Gasteiger partial charge on any atom is -0.493 e. The highest BCUT2D eigenvalue weighted by Crippen LogP contribution is 2.64. The van der Waals surface area contributed by atoms with Crippen LogP contribution in [0.1, 0.15) is 57.6 Å². The smallest absolute Gasteiger partial charge is 0.408 e. The largest absolute Gasteiger partial charge is 0.493 e. The molecule has 0 saturated carbocycles. The summed E-state index contributed by atoms with van der Waals surface area (Å²) in [4.78, 5) is 43.6. The molecule has 6 aliphatic rings. The van der Waals surface area contributed by atoms with Gasteiger partial charge in [0.2, 0.25) is 6.79 Å². The SMILES string of the molecule is C=CCOC(=O)N[C@H]1CS[C@@H]2c3c(OC(C)=O)c(C)c4c(c3[C@@H](COC1=O)N1C2[C@@H]2c3c(cc(C)c(OC)c3OCOC)C[C@@H]([C@@H]1C#N)N2C)OCO4. The van der Waals surface area contributed by atoms with Crippen LogP contribution in [-0.4, -0.2) is 106 Å². The summed E-state index contributed by atoms with van der Waals surface area (Å²) in [5.74, 6) is 1.13. The Morgan fingerprint density at radius 2 is 1.91 bits per heavy atom. The molecule has 15 nitrogen and oxygen atoms in total. The number of benzene rings is 2. The number of methoxy groups -OCH3 is 2. The first kappa shape index (κ1) is 36.7. The Kier molecular flexibility index (Phi) is 10.1. The average molecular weight is 751 g/mol. The van der Waals surface area contributed by atoms with E-state index in [-0.39, 0.29) is 38.6 Å². The van der Waals surface area contributed by atoms with E-state index in [1.165, 1.54) is 24.8 Å². The number of esters is 2. The third-order valence-electron chi connectivity index (χ3n) is 10.6. The number of fused-ring (bicyclic) bond motifs is 10. The van der Waals surface area contributed by atoms with E-state index in [0.29, 0.717) is 51.9 Å². The Hall–Kier alpha value is -4.69. The number of hydrogen-bond donors (Lipinski definition) is 1. The summed E-state index contributed by atoms with van der Waals surface area (Å²) in [5.41, 5.74) is 4.63. The maximum absolute atomic E-state index is 13.7. The number of carbonyl (C=O) groups excluding carboxylic acids is 3. The lowest BCUT2D eigenvalue weighted by Gasteiger charge is -2.61. The van der Waals surface area contributed by atoms with Crippen molar-refractivity contribution in [3.05, 3.63) is 52.1 Å². The summed E-state index contributed by atoms with van der Waals surface area (Å²) in [6.07, 6.45) is 1.15. The predicted molar refractivity (Wildman–Crippen MR) is 189 cm³/mol. The fraction of sp³-hybridized carbons (Fsp3) is 0.514. The van der Waals surface area contributed by atoms with Crippen molar-refractivity contribution in [1.29, 1.82) is 5.26 Å². The molecule has 53 heavy (non-hydrogen) atoms. The van der Waals surface area contributed by atoms with Gasteiger partial charge in [0.25, 0.3) is 0 Å². The quantitative estimate of drug-likeness (QED) is 0.179. The molecular weight excluding hydrogens is 708 g/mol. The zero-order valence-electron chi connectivity index (χ0n) is 30.4. The first-order valence-corrected chi connectivity index (χ1v) is 18.3. The molecule has 8 rings (SSSR count). The number of piperazine rings is 1. The molecule has 7 atom stereocenters. The molecule has 6 aliphatic heterocycles. The number of aryl methyl sites for hydroxylation is 1. The highest BCUT2D eigenvalue weighted by atomic mass is 32.2. The van der Waals surface area contributed by atoms with Gasteiger partial charge in [0.05, 0.1) is 30.5 Å². The van der Waals surface area contributed by atoms with Crippen molar-refractivity contribution in [2.75, 3.05) is 53.8 Å². The van der Waals surface area contributed by atoms with E-state index in [9.17, 15) is 19.6 Å². The van der Waals surface area contributed by atoms with Crippen LogP contribution in [0.3, 0.4) is 0 Å². The van der Waals surface area contributed by atoms with Crippen LogP contribution in [-0.2, 0) is 30.2 Å². The number of rotatable bonds is 8. The van der Waals surface area contributed by atoms with Crippen molar-refractivity contribution >= 4 is 29.8 Å². The monoisotopic (exact) mass is 750 g/mol. The van der Waals surface area contributed by atoms with E-state index in [1.54, 1.807) is 14.2 Å². The van der Waals surface area contributed by atoms with Crippen LogP contribution >= 0.6 is 11.8 Å². The molecule has 0 aliphatic carbocycles. The second kappa shape index (κ2) is 14.6. The van der Waals surface area contributed by atoms with Gasteiger partial charge in [-0.15, -0.1) is 11.8 Å². The van der Waals surface area contributed by atoms with Gasteiger partial charge in [-0.05, 0) is 38.4 Å². The lowest BCUT2D eigenvalue weighted by Crippen LogP contribution is -2.69. The second-order valence-corrected chi connectivity index (χ2v) is 14.7. The molecule has 0 aromatic heterocycles. The number of carbonyl (C=O) groups is 3. The zero-order chi connectivity index (χ0) is 37.7. The summed E-state index contributed by atoms with van der Waals surface area (Å²) >= 11 is 1.38. The number of alkyl carbamates (subject to hydrolysis) is 1. The van der Waals surface area contributed by atoms with Crippen molar-refractivity contribution in [2.45, 2.75) is 68.7 Å². The lowest BCUT2D eigenvalue weighted by molar-refractivity contribution is -0.151. The molecule has 2 saturated heterocycles. The lowest BCUT2D eigenvalue weighted by atomic mass is 9.71. The van der Waals surface area contributed by atoms with Gasteiger partial charge in [-0.1, -0.05) is 18.7 Å². The van der Waals surface area contributed by atoms with Gasteiger partial charge < -0.3 is 43.2 Å². The number of ether oxygens (including phenoxy) is 8. The van der Waals surface area contributed by atoms with Gasteiger partial charge >= 0.3 is 18.0 Å². The summed E-state index contributed by atoms with van der Waals surface area (Å²) in [5, 5.41) is 13.1. The second-order valence-electron chi connectivity index (χ2n) is 13.5. The summed E-state index contributed by atoms with van der Waals surface area (Å²) < 4.78 is 47.0. The summed E-state index contributed by atoms with van der Waals surface area (Å²) in [6, 6.07) is 0.967. The van der Waals surface area contributed by atoms with Crippen molar-refractivity contribution in [3.8, 4) is 34.8 Å². The third kappa shape index (κ3) is 5.99. The normalized spacial score (nSPS) is 26.9. The number of hydrogen-bond acceptors (Lipinski definition) is 15. The van der Waals surface area contributed by atoms with E-state index in [4.69, 9.17) is 37.9 Å². The Labute approximate surface area is 311 Å². The molecule has 4 bridgehead atoms. The molecule has 2 aromatic carbocycles. The van der Waals surface area contributed by atoms with Crippen LogP contribution in [0.5, 0.6) is 28.7 Å². The molecule has 0 spiro atoms. The van der Waals surface area contributed by atoms with E-state index < -0.39 is 53.5 Å². The predicted octanol–water partition coefficient (Wildman–Crippen LogP) is 3.79. The highest BCUT2D eigenvalue weighted by molar-refractivity contribution is 7.99. The van der Waals surface area contributed by atoms with Crippen LogP contribution in [0.2, 0.25) is 0 Å². The molecule has 0 radical (unpaired) electrons. The first-order valence-electron chi connectivity index (χ1n) is 17.2. The van der Waals surface area contributed by atoms with E-state index >= 15 is 0 Å². The first-order chi connectivity index (χ1) is 25.6. The zero-order valence-corrected chi connectivity index (χ0v) is 31.2. The van der Waals surface area contributed by atoms with Crippen molar-refractivity contribution in [2.24, 2.45) is 0 Å². The average Bonchev–Trinajstić information content (AvgIpc) is 3.62. The maximum atomic E-state index is 13.7. The van der Waals surface area contributed by atoms with Crippen LogP contribution in [0.25, 0.3) is 0 Å². The topological polar surface area (TPSA) is 167 Å². The van der Waals surface area contributed by atoms with Crippen LogP contribution in [0.15, 0.2) is 18.7 Å². The van der Waals surface area contributed by atoms with Crippen molar-refractivity contribution in [1.82, 2.24) is 15.1 Å². The van der Waals surface area contributed by atoms with Gasteiger partial charge in [0, 0.05) is 54.1 Å². The molecule has 16 heteroatoms. The number of thioether (sulfide) groups is 1. The van der Waals surface area contributed by atoms with Crippen LogP contribution in [0.4, 0.5) is 4.79 Å². The third-order valence-corrected chi connectivity index (χ3v) is 12.0. The molecule has 2 fully saturated rings. The van der Waals surface area contributed by atoms with E-state index in [2.05, 4.69) is 33.8 Å². The highest BCUT2D eigenvalue weighted by Gasteiger charge is 2.61. The van der Waals surface area contributed by atoms with E-state index in [0.717, 1.165) is 16.7 Å². The number of nitriles is 1. The summed E-state index contributed by atoms with van der Waals surface area (Å²) in [6.45, 7) is 8.32. The van der Waals surface area contributed by atoms with Gasteiger partial charge in [-0.2, -0.15) is 5.26 Å². The van der Waals surface area contributed by atoms with Gasteiger partial charge in [-0.25, -0.2) is 9.59 Å². The van der Waals surface area contributed by atoms with Crippen LogP contribution < -0.4 is 29.0 Å². The molecule has 282 valence electrons. The van der Waals surface area contributed by atoms with Gasteiger partial charge in [0.1, 0.15) is 31.0 Å². The van der Waals surface area contributed by atoms with Crippen molar-refractivity contribution in [3.63, 3.8) is 0 Å². The fourth-order valence-corrected chi connectivity index (χ4v) is 10.1. The fourth-order valence-electron chi connectivity index (χ4n) is 8.62. The Bertz CT molecular complexity index is 1900. The Balaban J connectivity index is 1.50. The Morgan fingerprint density at radius 3 is 2.60 bits per heavy atom. The van der Waals surface area contributed by atoms with Gasteiger partial charge in [-0.3, -0.25) is 14.6 Å². The minimum absolute atomic E-state index is 0.0323. The molecule has 1 amide bonds. The maximum Gasteiger partial charge on any atom is 0.408 e. The molecule has 1 unspecified atom stereocenters. The number of nitrogens with zero attached hydrogens (tertiary/aromatic N) is 3. The molecule has 1 N–H and O–H groups in total. The van der Waals surface area contributed by atoms with Crippen molar-refractivity contribution < 1.29 is 52.3 Å². The molecule has 6 heterocycles. The van der Waals surface area contributed by atoms with E-state index in [1.807, 2.05) is 20.9 Å². The number of amides is 1. The molecule has 2 aromatic rings. The summed E-state index contributed by atoms with van der Waals surface area (Å²) in [7, 11) is 5.15. The molecular formula is C37H42N4O11S. The standard InChI is InChI=1S/C37H42N4O11S/c1-8-9-47-37(44)39-21-14-53-35-27-26(34-32(50-16-51-34)18(3)31(27)52-19(4)42)24(13-48-36(21)43)41-23(12-38)22-11-20-10-17(2)30(46-7)33(49-15-45-6)25(20)28(29(35)41)40(22)5/h8,10,21-24,28-29,35H,1,9,11,13-16H2,2-7H3,(H,39,44)/t21-,22-,23-,24+,28-,29?,35+/m0/s1. The minimum atomic E-state index is -1.09. The number of likely N-dealkylation sites (N-methyl/N-ethyl adjacent to an activating group) is 1. The van der Waals surface area contributed by atoms with Gasteiger partial charge in [0.15, 0.2) is 29.8 Å². The number of nitrogens with one attached hydrogen (secondary N) is 1.